The van der Waals surface area contributed by atoms with Crippen LogP contribution in [-0.4, -0.2) is 24.7 Å². The predicted molar refractivity (Wildman–Crippen MR) is 88.2 cm³/mol. The number of alkyl halides is 3. The molecule has 0 amide bonds. The molecule has 2 aromatic carbocycles. The van der Waals surface area contributed by atoms with Gasteiger partial charge in [-0.2, -0.15) is 17.5 Å². The minimum Gasteiger partial charge on any atom is -0.258 e. The fourth-order valence-electron chi connectivity index (χ4n) is 2.19. The van der Waals surface area contributed by atoms with Crippen molar-refractivity contribution in [2.75, 3.05) is 7.05 Å². The summed E-state index contributed by atoms with van der Waals surface area (Å²) in [5.74, 6) is 0. The highest BCUT2D eigenvalue weighted by atomic mass is 35.5. The maximum Gasteiger partial charge on any atom is 0.416 e. The van der Waals surface area contributed by atoms with Crippen molar-refractivity contribution in [1.29, 1.82) is 0 Å². The van der Waals surface area contributed by atoms with Crippen LogP contribution in [0.4, 0.5) is 18.9 Å². The Hall–Kier alpha value is -2.17. The molecule has 0 aliphatic rings. The van der Waals surface area contributed by atoms with Crippen LogP contribution in [-0.2, 0) is 22.7 Å². The fourth-order valence-corrected chi connectivity index (χ4v) is 3.84. The van der Waals surface area contributed by atoms with Crippen LogP contribution in [0, 0.1) is 10.1 Å². The number of rotatable bonds is 5. The van der Waals surface area contributed by atoms with Crippen LogP contribution in [0.5, 0.6) is 0 Å². The molecule has 0 N–H and O–H groups in total. The van der Waals surface area contributed by atoms with E-state index in [1.807, 2.05) is 0 Å². The van der Waals surface area contributed by atoms with Gasteiger partial charge in [-0.05, 0) is 18.2 Å². The van der Waals surface area contributed by atoms with Gasteiger partial charge >= 0.3 is 6.18 Å². The van der Waals surface area contributed by atoms with Crippen molar-refractivity contribution < 1.29 is 26.5 Å². The Morgan fingerprint density at radius 3 is 2.38 bits per heavy atom. The lowest BCUT2D eigenvalue weighted by molar-refractivity contribution is -0.385. The van der Waals surface area contributed by atoms with E-state index in [1.54, 1.807) is 0 Å². The van der Waals surface area contributed by atoms with Gasteiger partial charge in [0.2, 0.25) is 10.0 Å². The minimum absolute atomic E-state index is 0.0895. The number of nitrogens with zero attached hydrogens (tertiary/aromatic N) is 2. The van der Waals surface area contributed by atoms with E-state index >= 15 is 0 Å². The Morgan fingerprint density at radius 2 is 1.81 bits per heavy atom. The average molecular weight is 409 g/mol. The molecule has 2 aromatic rings. The van der Waals surface area contributed by atoms with Gasteiger partial charge < -0.3 is 0 Å². The second kappa shape index (κ2) is 7.22. The smallest absolute Gasteiger partial charge is 0.258 e. The number of sulfonamides is 1. The highest BCUT2D eigenvalue weighted by Crippen LogP contribution is 2.34. The Labute approximate surface area is 152 Å². The molecule has 0 saturated carbocycles. The first-order chi connectivity index (χ1) is 11.9. The summed E-state index contributed by atoms with van der Waals surface area (Å²) in [5.41, 5.74) is -1.38. The monoisotopic (exact) mass is 408 g/mol. The van der Waals surface area contributed by atoms with Gasteiger partial charge in [0, 0.05) is 25.2 Å². The molecule has 0 unspecified atom stereocenters. The van der Waals surface area contributed by atoms with Gasteiger partial charge in [-0.3, -0.25) is 10.1 Å². The van der Waals surface area contributed by atoms with Crippen molar-refractivity contribution in [3.05, 3.63) is 68.7 Å². The van der Waals surface area contributed by atoms with E-state index in [-0.39, 0.29) is 16.3 Å². The second-order valence-corrected chi connectivity index (χ2v) is 7.71. The lowest BCUT2D eigenvalue weighted by Gasteiger charge is -2.19. The molecule has 0 aliphatic carbocycles. The Balaban J connectivity index is 2.44. The Bertz CT molecular complexity index is 948. The normalized spacial score (nSPS) is 12.4. The van der Waals surface area contributed by atoms with Gasteiger partial charge in [0.05, 0.1) is 15.5 Å². The summed E-state index contributed by atoms with van der Waals surface area (Å²) in [7, 11) is -3.31. The van der Waals surface area contributed by atoms with Crippen molar-refractivity contribution in [3.63, 3.8) is 0 Å². The Morgan fingerprint density at radius 1 is 1.19 bits per heavy atom. The molecule has 11 heteroatoms. The molecule has 0 radical (unpaired) electrons. The first-order valence-corrected chi connectivity index (χ1v) is 8.82. The fraction of sp³-hybridized carbons (Fsp3) is 0.200. The largest absolute Gasteiger partial charge is 0.416 e. The summed E-state index contributed by atoms with van der Waals surface area (Å²) >= 11 is 5.78. The van der Waals surface area contributed by atoms with Crippen LogP contribution in [0.1, 0.15) is 11.1 Å². The first kappa shape index (κ1) is 20.1. The third-order valence-corrected chi connectivity index (χ3v) is 5.81. The van der Waals surface area contributed by atoms with Gasteiger partial charge in [0.1, 0.15) is 4.90 Å². The van der Waals surface area contributed by atoms with E-state index in [1.165, 1.54) is 24.3 Å². The molecular formula is C15H12ClF3N2O4S. The van der Waals surface area contributed by atoms with Crippen molar-refractivity contribution in [1.82, 2.24) is 4.31 Å². The number of nitro benzene ring substituents is 1. The summed E-state index contributed by atoms with van der Waals surface area (Å²) in [4.78, 5) is 9.62. The average Bonchev–Trinajstić information content (AvgIpc) is 2.54. The van der Waals surface area contributed by atoms with Crippen molar-refractivity contribution in [2.24, 2.45) is 0 Å². The molecule has 140 valence electrons. The number of halogens is 4. The topological polar surface area (TPSA) is 80.5 Å². The zero-order valence-electron chi connectivity index (χ0n) is 13.2. The molecule has 0 fully saturated rings. The summed E-state index contributed by atoms with van der Waals surface area (Å²) in [6.07, 6.45) is -4.74. The summed E-state index contributed by atoms with van der Waals surface area (Å²) in [6, 6.07) is 7.41. The molecule has 6 nitrogen and oxygen atoms in total. The minimum atomic E-state index is -4.74. The zero-order chi connectivity index (χ0) is 19.7. The van der Waals surface area contributed by atoms with Gasteiger partial charge in [0.25, 0.3) is 5.69 Å². The summed E-state index contributed by atoms with van der Waals surface area (Å²) < 4.78 is 64.5. The molecule has 0 heterocycles. The standard InChI is InChI=1S/C15H12ClF3N2O4S/c1-20(9-10-4-2-3-5-13(10)21(22)23)26(24,25)14-8-11(15(17,18)19)6-7-12(14)16/h2-8H,9H2,1H3. The molecular weight excluding hydrogens is 397 g/mol. The van der Waals surface area contributed by atoms with E-state index in [0.717, 1.165) is 13.1 Å². The highest BCUT2D eigenvalue weighted by molar-refractivity contribution is 7.89. The number of hydrogen-bond donors (Lipinski definition) is 0. The van der Waals surface area contributed by atoms with Crippen LogP contribution in [0.25, 0.3) is 0 Å². The molecule has 26 heavy (non-hydrogen) atoms. The maximum atomic E-state index is 12.9. The van der Waals surface area contributed by atoms with E-state index in [4.69, 9.17) is 11.6 Å². The predicted octanol–water partition coefficient (Wildman–Crippen LogP) is 4.09. The molecule has 2 rings (SSSR count). The van der Waals surface area contributed by atoms with Crippen LogP contribution in [0.3, 0.4) is 0 Å². The SMILES string of the molecule is CN(Cc1ccccc1[N+](=O)[O-])S(=O)(=O)c1cc(C(F)(F)F)ccc1Cl. The van der Waals surface area contributed by atoms with Crippen LogP contribution in [0.15, 0.2) is 47.4 Å². The van der Waals surface area contributed by atoms with Crippen molar-refractivity contribution >= 4 is 27.3 Å². The van der Waals surface area contributed by atoms with E-state index < -0.39 is 38.1 Å². The molecule has 0 bridgehead atoms. The molecule has 0 aromatic heterocycles. The molecule has 0 spiro atoms. The number of nitro groups is 1. The lowest BCUT2D eigenvalue weighted by atomic mass is 10.2. The molecule has 0 saturated heterocycles. The van der Waals surface area contributed by atoms with Crippen molar-refractivity contribution in [3.8, 4) is 0 Å². The van der Waals surface area contributed by atoms with Crippen LogP contribution in [0.2, 0.25) is 5.02 Å². The lowest BCUT2D eigenvalue weighted by Crippen LogP contribution is -2.27. The Kier molecular flexibility index (Phi) is 5.59. The zero-order valence-corrected chi connectivity index (χ0v) is 14.8. The van der Waals surface area contributed by atoms with Crippen molar-refractivity contribution in [2.45, 2.75) is 17.6 Å². The van der Waals surface area contributed by atoms with Gasteiger partial charge in [0.15, 0.2) is 0 Å². The third-order valence-electron chi connectivity index (χ3n) is 3.53. The third kappa shape index (κ3) is 4.14. The van der Waals surface area contributed by atoms with E-state index in [2.05, 4.69) is 0 Å². The molecule has 0 atom stereocenters. The van der Waals surface area contributed by atoms with E-state index in [0.29, 0.717) is 16.4 Å². The quantitative estimate of drug-likeness (QED) is 0.551. The number of para-hydroxylation sites is 1. The first-order valence-electron chi connectivity index (χ1n) is 7.00. The van der Waals surface area contributed by atoms with Gasteiger partial charge in [-0.25, -0.2) is 8.42 Å². The number of benzene rings is 2. The summed E-state index contributed by atoms with van der Waals surface area (Å²) in [5, 5.41) is 10.6. The maximum absolute atomic E-state index is 12.9. The highest BCUT2D eigenvalue weighted by Gasteiger charge is 2.34. The van der Waals surface area contributed by atoms with E-state index in [9.17, 15) is 31.7 Å². The van der Waals surface area contributed by atoms with Crippen LogP contribution >= 0.6 is 11.6 Å². The van der Waals surface area contributed by atoms with Gasteiger partial charge in [-0.1, -0.05) is 29.8 Å². The molecule has 0 aliphatic heterocycles. The number of hydrogen-bond acceptors (Lipinski definition) is 4. The van der Waals surface area contributed by atoms with Gasteiger partial charge in [-0.15, -0.1) is 0 Å². The van der Waals surface area contributed by atoms with Crippen LogP contribution < -0.4 is 0 Å². The summed E-state index contributed by atoms with van der Waals surface area (Å²) in [6.45, 7) is -0.411. The second-order valence-electron chi connectivity index (χ2n) is 5.29.